The molecule has 0 aliphatic carbocycles. The van der Waals surface area contributed by atoms with E-state index in [0.29, 0.717) is 5.39 Å². The van der Waals surface area contributed by atoms with Gasteiger partial charge in [-0.05, 0) is 37.5 Å². The summed E-state index contributed by atoms with van der Waals surface area (Å²) < 4.78 is 1.42. The Morgan fingerprint density at radius 3 is 2.96 bits per heavy atom. The first-order valence-electron chi connectivity index (χ1n) is 8.46. The third-order valence-electron chi connectivity index (χ3n) is 4.70. The Balaban J connectivity index is 1.66. The molecule has 3 heterocycles. The molecule has 0 unspecified atom stereocenters. The highest BCUT2D eigenvalue weighted by Crippen LogP contribution is 2.32. The zero-order valence-electron chi connectivity index (χ0n) is 14.2. The van der Waals surface area contributed by atoms with Gasteiger partial charge in [-0.1, -0.05) is 25.1 Å². The number of aromatic nitrogens is 2. The maximum absolute atomic E-state index is 12.9. The number of anilines is 1. The second-order valence-electron chi connectivity index (χ2n) is 6.41. The molecule has 5 nitrogen and oxygen atoms in total. The molecular weight excluding hydrogens is 334 g/mol. The maximum atomic E-state index is 12.9. The van der Waals surface area contributed by atoms with Crippen LogP contribution in [0, 0.1) is 0 Å². The number of carbonyl (C=O) groups is 1. The number of amides is 1. The summed E-state index contributed by atoms with van der Waals surface area (Å²) in [7, 11) is 0. The topological polar surface area (TPSA) is 55.2 Å². The van der Waals surface area contributed by atoms with Gasteiger partial charge in [-0.25, -0.2) is 4.98 Å². The lowest BCUT2D eigenvalue weighted by Gasteiger charge is -2.23. The number of rotatable bonds is 3. The van der Waals surface area contributed by atoms with Gasteiger partial charge >= 0.3 is 0 Å². The Hall–Kier alpha value is -2.47. The summed E-state index contributed by atoms with van der Waals surface area (Å²) in [4.78, 5) is 33.6. The highest BCUT2D eigenvalue weighted by molar-refractivity contribution is 7.18. The molecule has 0 saturated heterocycles. The molecule has 0 bridgehead atoms. The van der Waals surface area contributed by atoms with Gasteiger partial charge in [-0.15, -0.1) is 11.3 Å². The second kappa shape index (κ2) is 6.11. The third kappa shape index (κ3) is 2.66. The zero-order valence-corrected chi connectivity index (χ0v) is 15.0. The van der Waals surface area contributed by atoms with Crippen molar-refractivity contribution in [3.8, 4) is 0 Å². The first-order valence-corrected chi connectivity index (χ1v) is 9.28. The predicted octanol–water partition coefficient (Wildman–Crippen LogP) is 3.00. The summed E-state index contributed by atoms with van der Waals surface area (Å²) in [5.74, 6) is -0.0772. The molecule has 0 fully saturated rings. The Morgan fingerprint density at radius 2 is 2.16 bits per heavy atom. The smallest absolute Gasteiger partial charge is 0.262 e. The molecule has 0 spiro atoms. The highest BCUT2D eigenvalue weighted by Gasteiger charge is 2.30. The molecule has 0 N–H and O–H groups in total. The second-order valence-corrected chi connectivity index (χ2v) is 7.52. The average Bonchev–Trinajstić information content (AvgIpc) is 3.17. The summed E-state index contributed by atoms with van der Waals surface area (Å²) >= 11 is 1.54. The molecule has 1 atom stereocenters. The summed E-state index contributed by atoms with van der Waals surface area (Å²) in [5.41, 5.74) is 1.98. The standard InChI is InChI=1S/C19H19N3O2S/c1-3-14-9-15-18(25-14)20-11-21(19(15)24)10-17(23)22-12(2)8-13-6-4-5-7-16(13)22/h4-7,9,11-12H,3,8,10H2,1-2H3/t12-/m1/s1. The van der Waals surface area contributed by atoms with Crippen molar-refractivity contribution >= 4 is 33.1 Å². The Morgan fingerprint density at radius 1 is 1.36 bits per heavy atom. The quantitative estimate of drug-likeness (QED) is 0.727. The molecular formula is C19H19N3O2S. The van der Waals surface area contributed by atoms with Crippen LogP contribution in [0.5, 0.6) is 0 Å². The van der Waals surface area contributed by atoms with Gasteiger partial charge < -0.3 is 4.90 Å². The number of para-hydroxylation sites is 1. The van der Waals surface area contributed by atoms with E-state index in [-0.39, 0.29) is 24.1 Å². The fourth-order valence-corrected chi connectivity index (χ4v) is 4.39. The molecule has 1 aliphatic rings. The van der Waals surface area contributed by atoms with Crippen molar-refractivity contribution in [3.05, 3.63) is 57.5 Å². The number of nitrogens with zero attached hydrogens (tertiary/aromatic N) is 3. The van der Waals surface area contributed by atoms with Gasteiger partial charge in [-0.3, -0.25) is 14.2 Å². The fraction of sp³-hybridized carbons (Fsp3) is 0.316. The van der Waals surface area contributed by atoms with E-state index >= 15 is 0 Å². The van der Waals surface area contributed by atoms with Gasteiger partial charge in [0.15, 0.2) is 0 Å². The van der Waals surface area contributed by atoms with Crippen LogP contribution in [0.1, 0.15) is 24.3 Å². The first-order chi connectivity index (χ1) is 12.1. The molecule has 1 aliphatic heterocycles. The molecule has 3 aromatic rings. The summed E-state index contributed by atoms with van der Waals surface area (Å²) in [6.45, 7) is 4.10. The molecule has 128 valence electrons. The number of hydrogen-bond donors (Lipinski definition) is 0. The first kappa shape index (κ1) is 16.0. The minimum Gasteiger partial charge on any atom is -0.307 e. The number of carbonyl (C=O) groups excluding carboxylic acids is 1. The van der Waals surface area contributed by atoms with Gasteiger partial charge in [0.25, 0.3) is 5.56 Å². The molecule has 25 heavy (non-hydrogen) atoms. The van der Waals surface area contributed by atoms with Crippen LogP contribution in [-0.4, -0.2) is 21.5 Å². The molecule has 0 saturated carbocycles. The van der Waals surface area contributed by atoms with Crippen molar-refractivity contribution in [2.24, 2.45) is 0 Å². The van der Waals surface area contributed by atoms with Crippen LogP contribution in [0.4, 0.5) is 5.69 Å². The maximum Gasteiger partial charge on any atom is 0.262 e. The Labute approximate surface area is 149 Å². The van der Waals surface area contributed by atoms with Crippen molar-refractivity contribution in [1.29, 1.82) is 0 Å². The normalized spacial score (nSPS) is 16.4. The average molecular weight is 353 g/mol. The van der Waals surface area contributed by atoms with E-state index in [1.807, 2.05) is 31.2 Å². The van der Waals surface area contributed by atoms with Crippen LogP contribution in [-0.2, 0) is 24.2 Å². The van der Waals surface area contributed by atoms with Crippen LogP contribution in [0.2, 0.25) is 0 Å². The monoisotopic (exact) mass is 353 g/mol. The third-order valence-corrected chi connectivity index (χ3v) is 5.89. The summed E-state index contributed by atoms with van der Waals surface area (Å²) in [6.07, 6.45) is 3.21. The Kier molecular flexibility index (Phi) is 3.92. The van der Waals surface area contributed by atoms with Crippen molar-refractivity contribution in [2.75, 3.05) is 4.90 Å². The lowest BCUT2D eigenvalue weighted by molar-refractivity contribution is -0.119. The van der Waals surface area contributed by atoms with Crippen molar-refractivity contribution in [2.45, 2.75) is 39.3 Å². The largest absolute Gasteiger partial charge is 0.307 e. The van der Waals surface area contributed by atoms with E-state index in [4.69, 9.17) is 0 Å². The van der Waals surface area contributed by atoms with E-state index in [1.54, 1.807) is 4.90 Å². The van der Waals surface area contributed by atoms with Crippen molar-refractivity contribution < 1.29 is 4.79 Å². The van der Waals surface area contributed by atoms with Crippen molar-refractivity contribution in [1.82, 2.24) is 9.55 Å². The van der Waals surface area contributed by atoms with E-state index in [1.165, 1.54) is 27.8 Å². The van der Waals surface area contributed by atoms with Gasteiger partial charge in [0, 0.05) is 16.6 Å². The fourth-order valence-electron chi connectivity index (χ4n) is 3.46. The van der Waals surface area contributed by atoms with Crippen molar-refractivity contribution in [3.63, 3.8) is 0 Å². The van der Waals surface area contributed by atoms with E-state index in [2.05, 4.69) is 18.0 Å². The number of thiophene rings is 1. The van der Waals surface area contributed by atoms with Gasteiger partial charge in [0.2, 0.25) is 5.91 Å². The highest BCUT2D eigenvalue weighted by atomic mass is 32.1. The summed E-state index contributed by atoms with van der Waals surface area (Å²) in [6, 6.07) is 9.94. The molecule has 4 rings (SSSR count). The van der Waals surface area contributed by atoms with E-state index < -0.39 is 0 Å². The Bertz CT molecular complexity index is 1020. The van der Waals surface area contributed by atoms with E-state index in [9.17, 15) is 9.59 Å². The number of fused-ring (bicyclic) bond motifs is 2. The number of aryl methyl sites for hydroxylation is 1. The van der Waals surface area contributed by atoms with Crippen LogP contribution in [0.3, 0.4) is 0 Å². The molecule has 6 heteroatoms. The molecule has 2 aromatic heterocycles. The molecule has 0 radical (unpaired) electrons. The molecule has 1 aromatic carbocycles. The lowest BCUT2D eigenvalue weighted by Crippen LogP contribution is -2.39. The van der Waals surface area contributed by atoms with Crippen LogP contribution in [0.25, 0.3) is 10.2 Å². The predicted molar refractivity (Wildman–Crippen MR) is 100 cm³/mol. The lowest BCUT2D eigenvalue weighted by atomic mass is 10.1. The number of hydrogen-bond acceptors (Lipinski definition) is 4. The van der Waals surface area contributed by atoms with Crippen LogP contribution >= 0.6 is 11.3 Å². The number of benzene rings is 1. The van der Waals surface area contributed by atoms with Gasteiger partial charge in [0.1, 0.15) is 11.4 Å². The van der Waals surface area contributed by atoms with E-state index in [0.717, 1.165) is 28.2 Å². The SMILES string of the molecule is CCc1cc2c(=O)n(CC(=O)N3c4ccccc4C[C@H]3C)cnc2s1. The van der Waals surface area contributed by atoms with Crippen LogP contribution < -0.4 is 10.5 Å². The minimum atomic E-state index is -0.144. The zero-order chi connectivity index (χ0) is 17.6. The molecule has 1 amide bonds. The van der Waals surface area contributed by atoms with Gasteiger partial charge in [-0.2, -0.15) is 0 Å². The minimum absolute atomic E-state index is 0.0117. The summed E-state index contributed by atoms with van der Waals surface area (Å²) in [5, 5.41) is 0.604. The van der Waals surface area contributed by atoms with Crippen LogP contribution in [0.15, 0.2) is 41.5 Å². The van der Waals surface area contributed by atoms with Gasteiger partial charge in [0.05, 0.1) is 11.7 Å².